The molecule has 3 rings (SSSR count). The van der Waals surface area contributed by atoms with E-state index in [1.807, 2.05) is 31.2 Å². The van der Waals surface area contributed by atoms with E-state index in [0.717, 1.165) is 30.0 Å². The first-order valence-electron chi connectivity index (χ1n) is 9.11. The highest BCUT2D eigenvalue weighted by Gasteiger charge is 2.16. The Morgan fingerprint density at radius 3 is 2.79 bits per heavy atom. The van der Waals surface area contributed by atoms with E-state index in [4.69, 9.17) is 10.1 Å². The number of aryl methyl sites for hydroxylation is 1. The van der Waals surface area contributed by atoms with Crippen LogP contribution in [0.2, 0.25) is 0 Å². The van der Waals surface area contributed by atoms with Gasteiger partial charge < -0.3 is 10.1 Å². The quantitative estimate of drug-likeness (QED) is 0.306. The van der Waals surface area contributed by atoms with E-state index in [9.17, 15) is 4.79 Å². The second-order valence-corrected chi connectivity index (χ2v) is 7.26. The molecule has 0 unspecified atom stereocenters. The van der Waals surface area contributed by atoms with E-state index in [0.29, 0.717) is 22.7 Å². The third-order valence-corrected chi connectivity index (χ3v) is 5.24. The smallest absolute Gasteiger partial charge is 0.230 e. The van der Waals surface area contributed by atoms with E-state index in [1.54, 1.807) is 11.7 Å². The SMILES string of the molecule is CCCCNC(=O)CSc1nc2n[nH]c(C)c2c(=N)n1-c1ccc(OC)cc1. The standard InChI is InChI=1S/C19H24N6O2S/c1-4-5-10-21-15(26)11-28-19-22-18-16(12(2)23-24-18)17(20)25(19)13-6-8-14(27-3)9-7-13/h6-9,20H,4-5,10-11H2,1-3H3,(H,21,26)(H,23,24). The van der Waals surface area contributed by atoms with Crippen molar-refractivity contribution in [1.82, 2.24) is 25.1 Å². The Labute approximate surface area is 167 Å². The third-order valence-electron chi connectivity index (χ3n) is 4.30. The van der Waals surface area contributed by atoms with Crippen LogP contribution in [-0.2, 0) is 4.79 Å². The Bertz CT molecular complexity index is 1030. The first kappa shape index (κ1) is 19.9. The normalized spacial score (nSPS) is 11.0. The van der Waals surface area contributed by atoms with E-state index in [2.05, 4.69) is 27.4 Å². The zero-order chi connectivity index (χ0) is 20.1. The van der Waals surface area contributed by atoms with E-state index in [-0.39, 0.29) is 17.1 Å². The molecule has 0 radical (unpaired) electrons. The van der Waals surface area contributed by atoms with Crippen molar-refractivity contribution in [3.8, 4) is 11.4 Å². The molecule has 0 fully saturated rings. The number of aromatic amines is 1. The van der Waals surface area contributed by atoms with Crippen molar-refractivity contribution in [3.63, 3.8) is 0 Å². The number of rotatable bonds is 8. The predicted molar refractivity (Wildman–Crippen MR) is 109 cm³/mol. The molecule has 1 amide bonds. The highest BCUT2D eigenvalue weighted by Crippen LogP contribution is 2.22. The number of H-pyrrole nitrogens is 1. The number of hydrogen-bond donors (Lipinski definition) is 3. The van der Waals surface area contributed by atoms with Gasteiger partial charge in [0.2, 0.25) is 5.91 Å². The molecule has 0 aliphatic rings. The minimum absolute atomic E-state index is 0.0497. The van der Waals surface area contributed by atoms with Gasteiger partial charge in [-0.2, -0.15) is 5.10 Å². The molecular weight excluding hydrogens is 376 g/mol. The lowest BCUT2D eigenvalue weighted by atomic mass is 10.2. The van der Waals surface area contributed by atoms with Crippen molar-refractivity contribution in [3.05, 3.63) is 35.4 Å². The molecule has 3 aromatic rings. The van der Waals surface area contributed by atoms with E-state index >= 15 is 0 Å². The molecule has 148 valence electrons. The number of unbranched alkanes of at least 4 members (excludes halogenated alkanes) is 1. The fourth-order valence-electron chi connectivity index (χ4n) is 2.78. The minimum Gasteiger partial charge on any atom is -0.497 e. The van der Waals surface area contributed by atoms with Crippen LogP contribution in [0.5, 0.6) is 5.75 Å². The Hall–Kier alpha value is -2.81. The number of ether oxygens (including phenoxy) is 1. The highest BCUT2D eigenvalue weighted by molar-refractivity contribution is 7.99. The molecule has 8 nitrogen and oxygen atoms in total. The van der Waals surface area contributed by atoms with Crippen molar-refractivity contribution in [1.29, 1.82) is 5.41 Å². The Morgan fingerprint density at radius 2 is 2.11 bits per heavy atom. The number of carbonyl (C=O) groups is 1. The van der Waals surface area contributed by atoms with Gasteiger partial charge >= 0.3 is 0 Å². The maximum absolute atomic E-state index is 12.1. The molecule has 2 aromatic heterocycles. The predicted octanol–water partition coefficient (Wildman–Crippen LogP) is 2.55. The van der Waals surface area contributed by atoms with Crippen molar-refractivity contribution in [2.24, 2.45) is 0 Å². The Kier molecular flexibility index (Phi) is 6.35. The number of fused-ring (bicyclic) bond motifs is 1. The molecule has 0 saturated heterocycles. The van der Waals surface area contributed by atoms with Crippen molar-refractivity contribution >= 4 is 28.7 Å². The number of nitrogens with one attached hydrogen (secondary N) is 3. The molecule has 0 aliphatic heterocycles. The molecule has 0 saturated carbocycles. The summed E-state index contributed by atoms with van der Waals surface area (Å²) in [5.41, 5.74) is 2.30. The van der Waals surface area contributed by atoms with Gasteiger partial charge in [0.1, 0.15) is 11.2 Å². The second kappa shape index (κ2) is 8.92. The topological polar surface area (TPSA) is 109 Å². The zero-order valence-electron chi connectivity index (χ0n) is 16.2. The molecule has 0 aliphatic carbocycles. The summed E-state index contributed by atoms with van der Waals surface area (Å²) in [6, 6.07) is 7.40. The average Bonchev–Trinajstić information content (AvgIpc) is 3.08. The van der Waals surface area contributed by atoms with E-state index < -0.39 is 0 Å². The van der Waals surface area contributed by atoms with Gasteiger partial charge in [0, 0.05) is 17.9 Å². The Morgan fingerprint density at radius 1 is 1.36 bits per heavy atom. The van der Waals surface area contributed by atoms with Crippen LogP contribution in [-0.4, -0.2) is 45.1 Å². The molecule has 3 N–H and O–H groups in total. The first-order valence-corrected chi connectivity index (χ1v) is 10.1. The Balaban J connectivity index is 1.97. The molecule has 0 spiro atoms. The largest absolute Gasteiger partial charge is 0.497 e. The van der Waals surface area contributed by atoms with Crippen LogP contribution in [0.4, 0.5) is 0 Å². The monoisotopic (exact) mass is 400 g/mol. The minimum atomic E-state index is -0.0497. The molecule has 0 atom stereocenters. The highest BCUT2D eigenvalue weighted by atomic mass is 32.2. The lowest BCUT2D eigenvalue weighted by molar-refractivity contribution is -0.118. The van der Waals surface area contributed by atoms with Crippen LogP contribution in [0.1, 0.15) is 25.5 Å². The summed E-state index contributed by atoms with van der Waals surface area (Å²) < 4.78 is 6.95. The van der Waals surface area contributed by atoms with Crippen molar-refractivity contribution < 1.29 is 9.53 Å². The van der Waals surface area contributed by atoms with Gasteiger partial charge in [0.15, 0.2) is 10.8 Å². The van der Waals surface area contributed by atoms with Crippen LogP contribution < -0.4 is 15.5 Å². The van der Waals surface area contributed by atoms with Crippen molar-refractivity contribution in [2.75, 3.05) is 19.4 Å². The second-order valence-electron chi connectivity index (χ2n) is 6.32. The summed E-state index contributed by atoms with van der Waals surface area (Å²) in [5, 5.41) is 19.9. The number of nitrogens with zero attached hydrogens (tertiary/aromatic N) is 3. The van der Waals surface area contributed by atoms with Crippen LogP contribution in [0.25, 0.3) is 16.7 Å². The number of thioether (sulfide) groups is 1. The summed E-state index contributed by atoms with van der Waals surface area (Å²) in [6.45, 7) is 4.62. The fourth-order valence-corrected chi connectivity index (χ4v) is 3.62. The maximum Gasteiger partial charge on any atom is 0.230 e. The number of methoxy groups -OCH3 is 1. The number of hydrogen-bond acceptors (Lipinski definition) is 6. The van der Waals surface area contributed by atoms with Gasteiger partial charge in [-0.25, -0.2) is 4.98 Å². The first-order chi connectivity index (χ1) is 13.5. The van der Waals surface area contributed by atoms with Crippen LogP contribution in [0.3, 0.4) is 0 Å². The van der Waals surface area contributed by atoms with Gasteiger partial charge in [-0.1, -0.05) is 25.1 Å². The lowest BCUT2D eigenvalue weighted by Gasteiger charge is -2.14. The maximum atomic E-state index is 12.1. The summed E-state index contributed by atoms with van der Waals surface area (Å²) >= 11 is 1.29. The zero-order valence-corrected chi connectivity index (χ0v) is 17.0. The third kappa shape index (κ3) is 4.19. The number of carbonyl (C=O) groups excluding carboxylic acids is 1. The lowest BCUT2D eigenvalue weighted by Crippen LogP contribution is -2.27. The number of aromatic nitrogens is 4. The molecule has 0 bridgehead atoms. The summed E-state index contributed by atoms with van der Waals surface area (Å²) in [4.78, 5) is 16.7. The van der Waals surface area contributed by atoms with Crippen LogP contribution in [0.15, 0.2) is 29.4 Å². The average molecular weight is 401 g/mol. The molecule has 1 aromatic carbocycles. The van der Waals surface area contributed by atoms with Gasteiger partial charge in [-0.05, 0) is 37.6 Å². The molecule has 28 heavy (non-hydrogen) atoms. The fraction of sp³-hybridized carbons (Fsp3) is 0.368. The number of amides is 1. The van der Waals surface area contributed by atoms with Gasteiger partial charge in [-0.15, -0.1) is 0 Å². The number of benzene rings is 1. The molecule has 2 heterocycles. The molecular formula is C19H24N6O2S. The van der Waals surface area contributed by atoms with Crippen molar-refractivity contribution in [2.45, 2.75) is 31.8 Å². The summed E-state index contributed by atoms with van der Waals surface area (Å²) in [6.07, 6.45) is 1.99. The van der Waals surface area contributed by atoms with E-state index in [1.165, 1.54) is 11.8 Å². The summed E-state index contributed by atoms with van der Waals surface area (Å²) in [7, 11) is 1.61. The molecule has 9 heteroatoms. The van der Waals surface area contributed by atoms with Gasteiger partial charge in [-0.3, -0.25) is 19.9 Å². The van der Waals surface area contributed by atoms with Gasteiger partial charge in [0.25, 0.3) is 0 Å². The summed E-state index contributed by atoms with van der Waals surface area (Å²) in [5.74, 6) is 0.904. The van der Waals surface area contributed by atoms with Gasteiger partial charge in [0.05, 0.1) is 18.2 Å². The van der Waals surface area contributed by atoms with Crippen LogP contribution >= 0.6 is 11.8 Å². The van der Waals surface area contributed by atoms with Crippen LogP contribution in [0, 0.1) is 12.3 Å².